The van der Waals surface area contributed by atoms with Gasteiger partial charge >= 0.3 is 6.18 Å². The average molecular weight is 398 g/mol. The number of nitrogens with two attached hydrogens (primary N) is 1. The number of aliphatic imine (C=N–C) groups is 2. The Kier molecular flexibility index (Phi) is 6.25. The Balaban J connectivity index is 2.63. The van der Waals surface area contributed by atoms with Gasteiger partial charge in [-0.3, -0.25) is 5.32 Å². The van der Waals surface area contributed by atoms with Gasteiger partial charge in [-0.15, -0.1) is 0 Å². The quantitative estimate of drug-likeness (QED) is 0.709. The summed E-state index contributed by atoms with van der Waals surface area (Å²) in [5.74, 6) is 0.603. The van der Waals surface area contributed by atoms with E-state index in [1.165, 1.54) is 12.1 Å². The molecule has 0 saturated heterocycles. The molecule has 2 rings (SSSR count). The van der Waals surface area contributed by atoms with Gasteiger partial charge in [-0.05, 0) is 30.9 Å². The molecule has 0 aromatic carbocycles. The topological polar surface area (TPSA) is 87.7 Å². The van der Waals surface area contributed by atoms with Gasteiger partial charge in [0.2, 0.25) is 5.96 Å². The molecule has 0 saturated carbocycles. The molecule has 0 spiro atoms. The van der Waals surface area contributed by atoms with E-state index in [-0.39, 0.29) is 35.4 Å². The van der Waals surface area contributed by atoms with E-state index in [1.807, 2.05) is 41.5 Å². The van der Waals surface area contributed by atoms with Crippen LogP contribution in [0.1, 0.15) is 52.9 Å². The molecular weight excluding hydrogens is 369 g/mol. The highest BCUT2D eigenvalue weighted by atomic mass is 19.4. The monoisotopic (exact) mass is 398 g/mol. The largest absolute Gasteiger partial charge is 0.433 e. The first kappa shape index (κ1) is 22.0. The molecule has 1 aliphatic heterocycles. The van der Waals surface area contributed by atoms with E-state index in [2.05, 4.69) is 25.6 Å². The second-order valence-electron chi connectivity index (χ2n) is 7.91. The van der Waals surface area contributed by atoms with Crippen LogP contribution in [-0.4, -0.2) is 22.9 Å². The molecule has 0 bridgehead atoms. The second kappa shape index (κ2) is 7.97. The maximum absolute atomic E-state index is 13.3. The Morgan fingerprint density at radius 3 is 2.25 bits per heavy atom. The van der Waals surface area contributed by atoms with Gasteiger partial charge in [0.15, 0.2) is 11.6 Å². The molecule has 9 heteroatoms. The minimum absolute atomic E-state index is 0.0255. The number of guanidine groups is 2. The van der Waals surface area contributed by atoms with Gasteiger partial charge in [0.1, 0.15) is 5.69 Å². The van der Waals surface area contributed by atoms with Gasteiger partial charge in [-0.25, -0.2) is 15.0 Å². The highest BCUT2D eigenvalue weighted by Gasteiger charge is 2.45. The number of rotatable bonds is 5. The van der Waals surface area contributed by atoms with Crippen LogP contribution in [0, 0.1) is 17.8 Å². The predicted octanol–water partition coefficient (Wildman–Crippen LogP) is 3.45. The van der Waals surface area contributed by atoms with Crippen LogP contribution in [0.25, 0.3) is 0 Å². The van der Waals surface area contributed by atoms with Crippen molar-refractivity contribution in [2.45, 2.75) is 59.4 Å². The molecule has 4 N–H and O–H groups in total. The normalized spacial score (nSPS) is 24.0. The fraction of sp³-hybridized carbons (Fsp3) is 0.632. The number of alkyl halides is 3. The van der Waals surface area contributed by atoms with Crippen molar-refractivity contribution < 1.29 is 13.2 Å². The minimum atomic E-state index is -4.55. The molecule has 1 aliphatic rings. The molecule has 0 amide bonds. The fourth-order valence-electron chi connectivity index (χ4n) is 2.85. The number of hydrogen-bond acceptors (Lipinski definition) is 4. The summed E-state index contributed by atoms with van der Waals surface area (Å²) in [5, 5.41) is 6.08. The van der Waals surface area contributed by atoms with Crippen LogP contribution in [-0.2, 0) is 11.8 Å². The third-order valence-corrected chi connectivity index (χ3v) is 5.24. The molecule has 6 nitrogen and oxygen atoms in total. The molecule has 0 aliphatic carbocycles. The van der Waals surface area contributed by atoms with Gasteiger partial charge < -0.3 is 11.1 Å². The number of pyridine rings is 1. The summed E-state index contributed by atoms with van der Waals surface area (Å²) in [6.45, 7) is 11.9. The second-order valence-corrected chi connectivity index (χ2v) is 7.91. The molecule has 0 fully saturated rings. The summed E-state index contributed by atoms with van der Waals surface area (Å²) >= 11 is 0. The third-order valence-electron chi connectivity index (χ3n) is 5.24. The van der Waals surface area contributed by atoms with E-state index in [1.54, 1.807) is 0 Å². The van der Waals surface area contributed by atoms with Gasteiger partial charge in [0, 0.05) is 5.92 Å². The summed E-state index contributed by atoms with van der Waals surface area (Å²) < 4.78 is 39.8. The van der Waals surface area contributed by atoms with Crippen LogP contribution in [0.3, 0.4) is 0 Å². The Bertz CT molecular complexity index is 756. The van der Waals surface area contributed by atoms with Crippen LogP contribution in [0.4, 0.5) is 13.2 Å². The van der Waals surface area contributed by atoms with Crippen LogP contribution < -0.4 is 16.4 Å². The molecular formula is C19H29F3N6. The smallest absolute Gasteiger partial charge is 0.370 e. The number of halogens is 3. The van der Waals surface area contributed by atoms with Crippen LogP contribution in [0.5, 0.6) is 0 Å². The first-order chi connectivity index (χ1) is 12.9. The van der Waals surface area contributed by atoms with Crippen molar-refractivity contribution in [2.75, 3.05) is 0 Å². The lowest BCUT2D eigenvalue weighted by Gasteiger charge is -2.42. The zero-order valence-electron chi connectivity index (χ0n) is 17.1. The van der Waals surface area contributed by atoms with Crippen LogP contribution in [0.2, 0.25) is 0 Å². The fourth-order valence-corrected chi connectivity index (χ4v) is 2.85. The van der Waals surface area contributed by atoms with Crippen molar-refractivity contribution in [3.8, 4) is 0 Å². The molecule has 2 heterocycles. The maximum atomic E-state index is 13.3. The van der Waals surface area contributed by atoms with E-state index in [9.17, 15) is 13.2 Å². The van der Waals surface area contributed by atoms with Gasteiger partial charge in [0.05, 0.1) is 11.7 Å². The highest BCUT2D eigenvalue weighted by Crippen LogP contribution is 2.37. The summed E-state index contributed by atoms with van der Waals surface area (Å²) in [6, 6.07) is 3.79. The number of nitrogens with one attached hydrogen (secondary N) is 2. The van der Waals surface area contributed by atoms with Crippen molar-refractivity contribution in [1.82, 2.24) is 15.6 Å². The lowest BCUT2D eigenvalue weighted by molar-refractivity contribution is -0.141. The van der Waals surface area contributed by atoms with Gasteiger partial charge in [-0.2, -0.15) is 13.2 Å². The standard InChI is InChI=1S/C19H29F3N6/c1-10(2)12(5)18(14-8-7-9-15(25-14)19(20,21)22)27-16(23)26-17(28-18)24-13(6)11(3)4/h7-13H,1-6H3,(H4,23,24,26,27,28)/t12-,13-,18?/m1/s1. The first-order valence-electron chi connectivity index (χ1n) is 9.40. The third kappa shape index (κ3) is 4.56. The van der Waals surface area contributed by atoms with Crippen molar-refractivity contribution in [1.29, 1.82) is 0 Å². The van der Waals surface area contributed by atoms with Gasteiger partial charge in [-0.1, -0.05) is 40.7 Å². The number of nitrogens with zero attached hydrogens (tertiary/aromatic N) is 3. The molecule has 0 radical (unpaired) electrons. The number of hydrogen-bond donors (Lipinski definition) is 3. The van der Waals surface area contributed by atoms with Crippen molar-refractivity contribution in [3.63, 3.8) is 0 Å². The van der Waals surface area contributed by atoms with Crippen molar-refractivity contribution in [3.05, 3.63) is 29.6 Å². The lowest BCUT2D eigenvalue weighted by atomic mass is 9.82. The van der Waals surface area contributed by atoms with Crippen molar-refractivity contribution in [2.24, 2.45) is 33.5 Å². The first-order valence-corrected chi connectivity index (χ1v) is 9.40. The highest BCUT2D eigenvalue weighted by molar-refractivity contribution is 6.00. The van der Waals surface area contributed by atoms with E-state index in [4.69, 9.17) is 5.73 Å². The minimum Gasteiger partial charge on any atom is -0.370 e. The summed E-state index contributed by atoms with van der Waals surface area (Å²) in [4.78, 5) is 13.0. The van der Waals surface area contributed by atoms with Crippen LogP contribution in [0.15, 0.2) is 28.2 Å². The average Bonchev–Trinajstić information content (AvgIpc) is 2.59. The summed E-state index contributed by atoms with van der Waals surface area (Å²) in [5.41, 5.74) is 3.94. The maximum Gasteiger partial charge on any atom is 0.433 e. The molecule has 3 atom stereocenters. The summed E-state index contributed by atoms with van der Waals surface area (Å²) in [6.07, 6.45) is -4.55. The Morgan fingerprint density at radius 1 is 1.07 bits per heavy atom. The molecule has 1 unspecified atom stereocenters. The zero-order chi connectivity index (χ0) is 21.3. The Labute approximate surface area is 163 Å². The Hall–Kier alpha value is -2.32. The van der Waals surface area contributed by atoms with E-state index in [0.717, 1.165) is 6.07 Å². The molecule has 1 aromatic rings. The number of aromatic nitrogens is 1. The van der Waals surface area contributed by atoms with Crippen LogP contribution >= 0.6 is 0 Å². The zero-order valence-corrected chi connectivity index (χ0v) is 17.1. The van der Waals surface area contributed by atoms with E-state index >= 15 is 0 Å². The van der Waals surface area contributed by atoms with E-state index < -0.39 is 17.5 Å². The van der Waals surface area contributed by atoms with E-state index in [0.29, 0.717) is 5.96 Å². The molecule has 28 heavy (non-hydrogen) atoms. The predicted molar refractivity (Wildman–Crippen MR) is 105 cm³/mol. The Morgan fingerprint density at radius 2 is 1.71 bits per heavy atom. The van der Waals surface area contributed by atoms with Crippen molar-refractivity contribution >= 4 is 11.9 Å². The lowest BCUT2D eigenvalue weighted by Crippen LogP contribution is -2.62. The SMILES string of the molecule is CC(C)[C@@H](C)C1(c2cccc(C(F)(F)F)n2)N=C(N)NC(=N[C@H](C)C(C)C)N1. The summed E-state index contributed by atoms with van der Waals surface area (Å²) in [7, 11) is 0. The molecule has 156 valence electrons. The van der Waals surface area contributed by atoms with Gasteiger partial charge in [0.25, 0.3) is 0 Å². The molecule has 1 aromatic heterocycles.